The monoisotopic (exact) mass is 246 g/mol. The molecule has 2 rings (SSSR count). The van der Waals surface area contributed by atoms with Crippen molar-refractivity contribution in [1.29, 1.82) is 0 Å². The van der Waals surface area contributed by atoms with Crippen molar-refractivity contribution < 1.29 is 0 Å². The standard InChI is InChI=1S/C14H18N2S/c1-11-4-3-5-12(8-11)16(2)10-14-7-6-13(9-15)17-14/h3-8H,9-10,15H2,1-2H3. The highest BCUT2D eigenvalue weighted by Crippen LogP contribution is 2.21. The van der Waals surface area contributed by atoms with E-state index in [9.17, 15) is 0 Å². The van der Waals surface area contributed by atoms with Crippen LogP contribution >= 0.6 is 11.3 Å². The maximum absolute atomic E-state index is 5.62. The Bertz CT molecular complexity index is 490. The predicted octanol–water partition coefficient (Wildman–Crippen LogP) is 3.15. The third kappa shape index (κ3) is 3.08. The van der Waals surface area contributed by atoms with Crippen LogP contribution in [0.15, 0.2) is 36.4 Å². The van der Waals surface area contributed by atoms with Crippen molar-refractivity contribution in [1.82, 2.24) is 0 Å². The summed E-state index contributed by atoms with van der Waals surface area (Å²) in [4.78, 5) is 4.87. The molecule has 0 amide bonds. The SMILES string of the molecule is Cc1cccc(N(C)Cc2ccc(CN)s2)c1. The van der Waals surface area contributed by atoms with Crippen LogP contribution in [0.3, 0.4) is 0 Å². The molecule has 0 saturated carbocycles. The third-order valence-electron chi connectivity index (χ3n) is 2.75. The summed E-state index contributed by atoms with van der Waals surface area (Å²) in [5, 5.41) is 0. The summed E-state index contributed by atoms with van der Waals surface area (Å²) in [6, 6.07) is 12.8. The third-order valence-corrected chi connectivity index (χ3v) is 3.85. The zero-order valence-electron chi connectivity index (χ0n) is 10.3. The second-order valence-electron chi connectivity index (χ2n) is 4.27. The van der Waals surface area contributed by atoms with Crippen molar-refractivity contribution in [2.75, 3.05) is 11.9 Å². The molecule has 3 heteroatoms. The molecule has 2 N–H and O–H groups in total. The first-order valence-electron chi connectivity index (χ1n) is 5.74. The summed E-state index contributed by atoms with van der Waals surface area (Å²) in [5.74, 6) is 0. The summed E-state index contributed by atoms with van der Waals surface area (Å²) >= 11 is 1.79. The van der Waals surface area contributed by atoms with Gasteiger partial charge in [0, 0.05) is 29.0 Å². The van der Waals surface area contributed by atoms with Crippen molar-refractivity contribution in [2.45, 2.75) is 20.0 Å². The lowest BCUT2D eigenvalue weighted by Gasteiger charge is -2.18. The molecule has 17 heavy (non-hydrogen) atoms. The quantitative estimate of drug-likeness (QED) is 0.898. The molecule has 0 radical (unpaired) electrons. The van der Waals surface area contributed by atoms with Crippen LogP contribution in [-0.2, 0) is 13.1 Å². The first kappa shape index (κ1) is 12.1. The van der Waals surface area contributed by atoms with Crippen molar-refractivity contribution in [3.05, 3.63) is 51.7 Å². The van der Waals surface area contributed by atoms with Crippen LogP contribution in [0.5, 0.6) is 0 Å². The molecule has 0 aliphatic heterocycles. The Kier molecular flexibility index (Phi) is 3.82. The van der Waals surface area contributed by atoms with E-state index in [4.69, 9.17) is 5.73 Å². The van der Waals surface area contributed by atoms with Crippen LogP contribution in [-0.4, -0.2) is 7.05 Å². The molecule has 0 unspecified atom stereocenters. The van der Waals surface area contributed by atoms with Gasteiger partial charge in [0.2, 0.25) is 0 Å². The van der Waals surface area contributed by atoms with E-state index in [2.05, 4.69) is 55.3 Å². The molecule has 0 bridgehead atoms. The van der Waals surface area contributed by atoms with Crippen LogP contribution in [0, 0.1) is 6.92 Å². The minimum atomic E-state index is 0.638. The first-order valence-corrected chi connectivity index (χ1v) is 6.56. The lowest BCUT2D eigenvalue weighted by molar-refractivity contribution is 0.939. The van der Waals surface area contributed by atoms with Crippen molar-refractivity contribution in [3.8, 4) is 0 Å². The Labute approximate surface area is 107 Å². The lowest BCUT2D eigenvalue weighted by atomic mass is 10.2. The molecule has 2 nitrogen and oxygen atoms in total. The zero-order valence-corrected chi connectivity index (χ0v) is 11.1. The van der Waals surface area contributed by atoms with E-state index >= 15 is 0 Å². The van der Waals surface area contributed by atoms with Gasteiger partial charge in [0.15, 0.2) is 0 Å². The molecule has 0 spiro atoms. The van der Waals surface area contributed by atoms with E-state index in [-0.39, 0.29) is 0 Å². The van der Waals surface area contributed by atoms with Crippen molar-refractivity contribution in [2.24, 2.45) is 5.73 Å². The Morgan fingerprint density at radius 1 is 1.18 bits per heavy atom. The summed E-state index contributed by atoms with van der Waals surface area (Å²) in [7, 11) is 2.12. The van der Waals surface area contributed by atoms with Gasteiger partial charge in [0.05, 0.1) is 6.54 Å². The fourth-order valence-electron chi connectivity index (χ4n) is 1.81. The Hall–Kier alpha value is -1.32. The highest BCUT2D eigenvalue weighted by atomic mass is 32.1. The Balaban J connectivity index is 2.08. The summed E-state index contributed by atoms with van der Waals surface area (Å²) in [6.45, 7) is 3.70. The number of rotatable bonds is 4. The zero-order chi connectivity index (χ0) is 12.3. The highest BCUT2D eigenvalue weighted by molar-refractivity contribution is 7.12. The van der Waals surface area contributed by atoms with E-state index in [0.717, 1.165) is 6.54 Å². The fraction of sp³-hybridized carbons (Fsp3) is 0.286. The molecule has 1 heterocycles. The largest absolute Gasteiger partial charge is 0.369 e. The Morgan fingerprint density at radius 3 is 2.59 bits per heavy atom. The van der Waals surface area contributed by atoms with E-state index in [1.165, 1.54) is 21.0 Å². The number of anilines is 1. The molecule has 0 aliphatic carbocycles. The molecular weight excluding hydrogens is 228 g/mol. The lowest BCUT2D eigenvalue weighted by Crippen LogP contribution is -2.15. The number of thiophene rings is 1. The molecule has 0 aliphatic rings. The maximum atomic E-state index is 5.62. The number of nitrogens with zero attached hydrogens (tertiary/aromatic N) is 1. The molecule has 0 saturated heterocycles. The van der Waals surface area contributed by atoms with Crippen LogP contribution in [0.4, 0.5) is 5.69 Å². The molecule has 1 aromatic carbocycles. The second kappa shape index (κ2) is 5.34. The van der Waals surface area contributed by atoms with Gasteiger partial charge in [-0.15, -0.1) is 11.3 Å². The van der Waals surface area contributed by atoms with E-state index in [0.29, 0.717) is 6.54 Å². The van der Waals surface area contributed by atoms with Crippen molar-refractivity contribution in [3.63, 3.8) is 0 Å². The van der Waals surface area contributed by atoms with E-state index in [1.807, 2.05) is 0 Å². The summed E-state index contributed by atoms with van der Waals surface area (Å²) in [6.07, 6.45) is 0. The van der Waals surface area contributed by atoms with E-state index < -0.39 is 0 Å². The van der Waals surface area contributed by atoms with Gasteiger partial charge in [0.25, 0.3) is 0 Å². The highest BCUT2D eigenvalue weighted by Gasteiger charge is 2.04. The van der Waals surface area contributed by atoms with Gasteiger partial charge in [-0.3, -0.25) is 0 Å². The first-order chi connectivity index (χ1) is 8.19. The van der Waals surface area contributed by atoms with Gasteiger partial charge in [-0.1, -0.05) is 12.1 Å². The van der Waals surface area contributed by atoms with Crippen LogP contribution in [0.2, 0.25) is 0 Å². The van der Waals surface area contributed by atoms with Gasteiger partial charge in [0.1, 0.15) is 0 Å². The minimum Gasteiger partial charge on any atom is -0.369 e. The van der Waals surface area contributed by atoms with Gasteiger partial charge in [-0.05, 0) is 36.8 Å². The number of nitrogens with two attached hydrogens (primary N) is 1. The second-order valence-corrected chi connectivity index (χ2v) is 5.52. The van der Waals surface area contributed by atoms with Gasteiger partial charge >= 0.3 is 0 Å². The van der Waals surface area contributed by atoms with E-state index in [1.54, 1.807) is 11.3 Å². The molecular formula is C14H18N2S. The number of hydrogen-bond donors (Lipinski definition) is 1. The van der Waals surface area contributed by atoms with Crippen LogP contribution in [0.25, 0.3) is 0 Å². The van der Waals surface area contributed by atoms with Gasteiger partial charge < -0.3 is 10.6 Å². The maximum Gasteiger partial charge on any atom is 0.0519 e. The Morgan fingerprint density at radius 2 is 1.94 bits per heavy atom. The van der Waals surface area contributed by atoms with Crippen molar-refractivity contribution >= 4 is 17.0 Å². The molecule has 0 fully saturated rings. The number of benzene rings is 1. The summed E-state index contributed by atoms with van der Waals surface area (Å²) < 4.78 is 0. The molecule has 90 valence electrons. The number of aryl methyl sites for hydroxylation is 1. The normalized spacial score (nSPS) is 10.5. The molecule has 1 aromatic heterocycles. The minimum absolute atomic E-state index is 0.638. The van der Waals surface area contributed by atoms with Gasteiger partial charge in [-0.2, -0.15) is 0 Å². The van der Waals surface area contributed by atoms with Crippen LogP contribution < -0.4 is 10.6 Å². The average molecular weight is 246 g/mol. The van der Waals surface area contributed by atoms with Crippen LogP contribution in [0.1, 0.15) is 15.3 Å². The fourth-order valence-corrected chi connectivity index (χ4v) is 2.76. The smallest absolute Gasteiger partial charge is 0.0519 e. The predicted molar refractivity (Wildman–Crippen MR) is 75.5 cm³/mol. The molecule has 2 aromatic rings. The molecule has 0 atom stereocenters. The summed E-state index contributed by atoms with van der Waals surface area (Å²) in [5.41, 5.74) is 8.17. The van der Waals surface area contributed by atoms with Gasteiger partial charge in [-0.25, -0.2) is 0 Å². The topological polar surface area (TPSA) is 29.3 Å². The average Bonchev–Trinajstić information content (AvgIpc) is 2.77. The number of hydrogen-bond acceptors (Lipinski definition) is 3.